The standard InChI is InChI=1S/C16H17N3O5S.C6H14N2O2/c1-7-6-25-15-11(14(22)19(15)12(7)16(23)24)18-13(21)10(17)8-2-4-9(20)5-3-8;7-4-2-1-3-5(8)6(9)10/h2-5,10-11,15,20H,6,17H2,1H3,(H,18,21)(H,23,24);5H,1-4,7-8H2,(H,9,10)/t10?,11-,15-;5-/m10/s1. The number of phenols is 1. The summed E-state index contributed by atoms with van der Waals surface area (Å²) in [5.41, 5.74) is 17.4. The summed E-state index contributed by atoms with van der Waals surface area (Å²) in [6.07, 6.45) is 2.16. The van der Waals surface area contributed by atoms with Crippen LogP contribution >= 0.6 is 11.8 Å². The van der Waals surface area contributed by atoms with Crippen LogP contribution in [0.3, 0.4) is 0 Å². The Hall–Kier alpha value is -3.13. The van der Waals surface area contributed by atoms with Gasteiger partial charge < -0.3 is 37.8 Å². The second-order valence-corrected chi connectivity index (χ2v) is 9.23. The number of hydrogen-bond donors (Lipinski definition) is 7. The Labute approximate surface area is 206 Å². The normalized spacial score (nSPS) is 20.6. The molecule has 1 aromatic carbocycles. The molecule has 4 atom stereocenters. The molecule has 2 heterocycles. The van der Waals surface area contributed by atoms with Crippen molar-refractivity contribution in [1.82, 2.24) is 10.2 Å². The first-order valence-corrected chi connectivity index (χ1v) is 12.0. The lowest BCUT2D eigenvalue weighted by Gasteiger charge is -2.49. The molecule has 192 valence electrons. The fraction of sp³-hybridized carbons (Fsp3) is 0.455. The van der Waals surface area contributed by atoms with Crippen LogP contribution in [0, 0.1) is 0 Å². The molecule has 0 radical (unpaired) electrons. The van der Waals surface area contributed by atoms with E-state index >= 15 is 0 Å². The molecule has 1 unspecified atom stereocenters. The maximum Gasteiger partial charge on any atom is 0.352 e. The van der Waals surface area contributed by atoms with Gasteiger partial charge in [-0.2, -0.15) is 0 Å². The zero-order valence-corrected chi connectivity index (χ0v) is 20.0. The molecule has 0 spiro atoms. The van der Waals surface area contributed by atoms with Crippen molar-refractivity contribution in [1.29, 1.82) is 0 Å². The summed E-state index contributed by atoms with van der Waals surface area (Å²) in [6, 6.07) is 3.38. The van der Waals surface area contributed by atoms with Crippen molar-refractivity contribution in [3.05, 3.63) is 41.1 Å². The van der Waals surface area contributed by atoms with Gasteiger partial charge >= 0.3 is 11.9 Å². The van der Waals surface area contributed by atoms with E-state index in [1.165, 1.54) is 40.9 Å². The van der Waals surface area contributed by atoms with Gasteiger partial charge in [0.25, 0.3) is 5.91 Å². The lowest BCUT2D eigenvalue weighted by atomic mass is 10.0. The van der Waals surface area contributed by atoms with Crippen molar-refractivity contribution in [2.75, 3.05) is 12.3 Å². The highest BCUT2D eigenvalue weighted by Crippen LogP contribution is 2.40. The Balaban J connectivity index is 0.000000367. The summed E-state index contributed by atoms with van der Waals surface area (Å²) in [4.78, 5) is 47.4. The predicted octanol–water partition coefficient (Wildman–Crippen LogP) is -0.322. The summed E-state index contributed by atoms with van der Waals surface area (Å²) in [5, 5.41) is 29.0. The SMILES string of the molecule is CC1=C(C(=O)O)N2C(=O)[C@@H](NC(=O)C(N)c3ccc(O)cc3)[C@H]2SC1.NCCCC[C@H](N)C(=O)O. The summed E-state index contributed by atoms with van der Waals surface area (Å²) in [5.74, 6) is -2.54. The molecule has 3 rings (SSSR count). The second-order valence-electron chi connectivity index (χ2n) is 8.13. The second kappa shape index (κ2) is 12.5. The number of hydrogen-bond acceptors (Lipinski definition) is 9. The van der Waals surface area contributed by atoms with Gasteiger partial charge in [-0.05, 0) is 49.6 Å². The number of nitrogens with two attached hydrogens (primary N) is 3. The number of nitrogens with zero attached hydrogens (tertiary/aromatic N) is 1. The summed E-state index contributed by atoms with van der Waals surface area (Å²) in [6.45, 7) is 2.28. The van der Waals surface area contributed by atoms with E-state index in [0.29, 0.717) is 29.9 Å². The van der Waals surface area contributed by atoms with E-state index in [1.54, 1.807) is 6.92 Å². The third-order valence-corrected chi connectivity index (χ3v) is 6.90. The van der Waals surface area contributed by atoms with Crippen LogP contribution in [0.2, 0.25) is 0 Å². The predicted molar refractivity (Wildman–Crippen MR) is 129 cm³/mol. The minimum atomic E-state index is -1.15. The average molecular weight is 510 g/mol. The zero-order valence-electron chi connectivity index (χ0n) is 19.2. The molecule has 13 heteroatoms. The number of benzene rings is 1. The highest BCUT2D eigenvalue weighted by molar-refractivity contribution is 8.00. The molecule has 0 bridgehead atoms. The zero-order chi connectivity index (χ0) is 26.3. The third kappa shape index (κ3) is 6.94. The number of nitrogens with one attached hydrogen (secondary N) is 1. The van der Waals surface area contributed by atoms with Crippen LogP contribution in [0.25, 0.3) is 0 Å². The minimum Gasteiger partial charge on any atom is -0.508 e. The van der Waals surface area contributed by atoms with Crippen LogP contribution in [0.4, 0.5) is 0 Å². The number of rotatable bonds is 9. The Bertz CT molecular complexity index is 985. The number of aromatic hydroxyl groups is 1. The molecule has 2 aliphatic rings. The van der Waals surface area contributed by atoms with E-state index in [4.69, 9.17) is 22.3 Å². The van der Waals surface area contributed by atoms with E-state index in [2.05, 4.69) is 5.32 Å². The number of aliphatic carboxylic acids is 2. The van der Waals surface area contributed by atoms with Gasteiger partial charge in [0, 0.05) is 5.75 Å². The number of carbonyl (C=O) groups excluding carboxylic acids is 2. The van der Waals surface area contributed by atoms with Crippen LogP contribution in [0.15, 0.2) is 35.5 Å². The molecular weight excluding hydrogens is 478 g/mol. The summed E-state index contributed by atoms with van der Waals surface area (Å²) in [7, 11) is 0. The topological polar surface area (TPSA) is 222 Å². The number of fused-ring (bicyclic) bond motifs is 1. The van der Waals surface area contributed by atoms with E-state index in [1.807, 2.05) is 0 Å². The molecule has 10 N–H and O–H groups in total. The number of carbonyl (C=O) groups is 4. The molecule has 2 aliphatic heterocycles. The van der Waals surface area contributed by atoms with Gasteiger partial charge in [-0.25, -0.2) is 4.79 Å². The lowest BCUT2D eigenvalue weighted by Crippen LogP contribution is -2.71. The minimum absolute atomic E-state index is 0.0120. The third-order valence-electron chi connectivity index (χ3n) is 5.48. The van der Waals surface area contributed by atoms with Crippen molar-refractivity contribution in [2.24, 2.45) is 17.2 Å². The fourth-order valence-corrected chi connectivity index (χ4v) is 4.78. The molecule has 2 amide bonds. The monoisotopic (exact) mass is 509 g/mol. The molecule has 12 nitrogen and oxygen atoms in total. The maximum absolute atomic E-state index is 12.3. The highest BCUT2D eigenvalue weighted by Gasteiger charge is 2.53. The average Bonchev–Trinajstić information content (AvgIpc) is 2.82. The van der Waals surface area contributed by atoms with Gasteiger partial charge in [0.2, 0.25) is 5.91 Å². The first-order valence-electron chi connectivity index (χ1n) is 10.9. The van der Waals surface area contributed by atoms with E-state index in [-0.39, 0.29) is 11.4 Å². The van der Waals surface area contributed by atoms with Crippen LogP contribution in [0.5, 0.6) is 5.75 Å². The van der Waals surface area contributed by atoms with Crippen LogP contribution in [0.1, 0.15) is 37.8 Å². The summed E-state index contributed by atoms with van der Waals surface area (Å²) < 4.78 is 0. The molecule has 35 heavy (non-hydrogen) atoms. The highest BCUT2D eigenvalue weighted by atomic mass is 32.2. The van der Waals surface area contributed by atoms with Crippen molar-refractivity contribution in [3.63, 3.8) is 0 Å². The molecule has 1 saturated heterocycles. The van der Waals surface area contributed by atoms with Gasteiger partial charge in [0.1, 0.15) is 34.9 Å². The molecule has 0 aromatic heterocycles. The lowest BCUT2D eigenvalue weighted by molar-refractivity contribution is -0.150. The quantitative estimate of drug-likeness (QED) is 0.169. The maximum atomic E-state index is 12.3. The first kappa shape index (κ1) is 28.1. The van der Waals surface area contributed by atoms with Crippen molar-refractivity contribution < 1.29 is 34.5 Å². The Morgan fingerprint density at radius 3 is 2.34 bits per heavy atom. The van der Waals surface area contributed by atoms with Gasteiger partial charge in [-0.1, -0.05) is 18.6 Å². The van der Waals surface area contributed by atoms with Gasteiger partial charge in [0.15, 0.2) is 0 Å². The Morgan fingerprint density at radius 1 is 1.17 bits per heavy atom. The Morgan fingerprint density at radius 2 is 1.80 bits per heavy atom. The summed E-state index contributed by atoms with van der Waals surface area (Å²) >= 11 is 1.40. The fourth-order valence-electron chi connectivity index (χ4n) is 3.48. The first-order chi connectivity index (χ1) is 16.5. The van der Waals surface area contributed by atoms with Gasteiger partial charge in [-0.3, -0.25) is 19.3 Å². The van der Waals surface area contributed by atoms with Crippen molar-refractivity contribution >= 4 is 35.5 Å². The van der Waals surface area contributed by atoms with E-state index in [9.17, 15) is 29.4 Å². The number of phenolic OH excluding ortho intramolecular Hbond substituents is 1. The van der Waals surface area contributed by atoms with E-state index in [0.717, 1.165) is 12.8 Å². The van der Waals surface area contributed by atoms with Crippen molar-refractivity contribution in [2.45, 2.75) is 49.7 Å². The van der Waals surface area contributed by atoms with Gasteiger partial charge in [0.05, 0.1) is 0 Å². The number of thioether (sulfide) groups is 1. The molecule has 0 saturated carbocycles. The number of unbranched alkanes of at least 4 members (excludes halogenated alkanes) is 1. The van der Waals surface area contributed by atoms with Crippen LogP contribution in [-0.2, 0) is 19.2 Å². The molecule has 1 aromatic rings. The number of carboxylic acids is 2. The van der Waals surface area contributed by atoms with Crippen LogP contribution < -0.4 is 22.5 Å². The largest absolute Gasteiger partial charge is 0.508 e. The molecule has 1 fully saturated rings. The van der Waals surface area contributed by atoms with E-state index < -0.39 is 47.3 Å². The van der Waals surface area contributed by atoms with Gasteiger partial charge in [-0.15, -0.1) is 11.8 Å². The number of β-lactam (4-membered cyclic amide) rings is 1. The van der Waals surface area contributed by atoms with Crippen LogP contribution in [-0.4, -0.2) is 73.7 Å². The molecule has 0 aliphatic carbocycles. The smallest absolute Gasteiger partial charge is 0.352 e. The molecular formula is C22H31N5O7S. The number of carboxylic acid groups (broad SMARTS) is 2. The Kier molecular flexibility index (Phi) is 10.1. The van der Waals surface area contributed by atoms with Crippen molar-refractivity contribution in [3.8, 4) is 5.75 Å². The number of amides is 2.